The maximum atomic E-state index is 12.8. The predicted molar refractivity (Wildman–Crippen MR) is 111 cm³/mol. The van der Waals surface area contributed by atoms with E-state index in [-0.39, 0.29) is 24.0 Å². The summed E-state index contributed by atoms with van der Waals surface area (Å²) < 4.78 is 2.31. The molecule has 0 aliphatic carbocycles. The summed E-state index contributed by atoms with van der Waals surface area (Å²) in [6.45, 7) is 4.15. The van der Waals surface area contributed by atoms with Crippen LogP contribution >= 0.6 is 11.3 Å². The third-order valence-electron chi connectivity index (χ3n) is 4.69. The lowest BCUT2D eigenvalue weighted by molar-refractivity contribution is 0.0923. The molecule has 0 aliphatic heterocycles. The van der Waals surface area contributed by atoms with Gasteiger partial charge in [0.25, 0.3) is 5.56 Å². The Kier molecular flexibility index (Phi) is 5.76. The molecular formula is C19H23N5O3S. The minimum Gasteiger partial charge on any atom is -0.384 e. The Morgan fingerprint density at radius 2 is 2.07 bits per heavy atom. The summed E-state index contributed by atoms with van der Waals surface area (Å²) in [5.41, 5.74) is 5.38. The first kappa shape index (κ1) is 20.0. The molecule has 2 aromatic heterocycles. The highest BCUT2D eigenvalue weighted by Gasteiger charge is 2.23. The molecule has 0 spiro atoms. The number of hydrogen-bond donors (Lipinski definition) is 2. The second-order valence-electron chi connectivity index (χ2n) is 6.71. The fourth-order valence-corrected chi connectivity index (χ4v) is 4.09. The number of ketones is 1. The Hall–Kier alpha value is -2.78. The Labute approximate surface area is 165 Å². The van der Waals surface area contributed by atoms with E-state index in [0.29, 0.717) is 13.0 Å². The second kappa shape index (κ2) is 8.07. The van der Waals surface area contributed by atoms with Gasteiger partial charge in [-0.1, -0.05) is 19.1 Å². The van der Waals surface area contributed by atoms with Gasteiger partial charge in [-0.2, -0.15) is 0 Å². The topological polar surface area (TPSA) is 114 Å². The van der Waals surface area contributed by atoms with Gasteiger partial charge in [-0.3, -0.25) is 24.0 Å². The number of carbonyl (C=O) groups excluding carboxylic acids is 1. The van der Waals surface area contributed by atoms with Gasteiger partial charge >= 0.3 is 5.69 Å². The van der Waals surface area contributed by atoms with Crippen molar-refractivity contribution in [2.75, 3.05) is 19.3 Å². The maximum absolute atomic E-state index is 12.8. The predicted octanol–water partition coefficient (Wildman–Crippen LogP) is 2.01. The standard InChI is InChI=1S/C19H23N5O3S/c1-4-9-24-16(20)15(17(26)22-19(24)27)13(25)10-23(3)11(2)18-21-12-7-5-6-8-14(12)28-18/h5-8,11H,4,9-10,20H2,1-3H3,(H,22,26,27)/t11-/m1/s1. The summed E-state index contributed by atoms with van der Waals surface area (Å²) in [6, 6.07) is 7.73. The van der Waals surface area contributed by atoms with Crippen LogP contribution in [0.3, 0.4) is 0 Å². The van der Waals surface area contributed by atoms with Crippen molar-refractivity contribution in [3.05, 3.63) is 55.7 Å². The van der Waals surface area contributed by atoms with Crippen LogP contribution in [0.4, 0.5) is 5.82 Å². The van der Waals surface area contributed by atoms with Crippen LogP contribution in [0.2, 0.25) is 0 Å². The normalized spacial score (nSPS) is 12.6. The van der Waals surface area contributed by atoms with Crippen LogP contribution in [0, 0.1) is 0 Å². The van der Waals surface area contributed by atoms with Crippen molar-refractivity contribution in [2.24, 2.45) is 0 Å². The first-order valence-corrected chi connectivity index (χ1v) is 9.86. The zero-order chi connectivity index (χ0) is 20.4. The van der Waals surface area contributed by atoms with Crippen LogP contribution in [0.5, 0.6) is 0 Å². The molecule has 0 radical (unpaired) electrons. The lowest BCUT2D eigenvalue weighted by atomic mass is 10.1. The summed E-state index contributed by atoms with van der Waals surface area (Å²) in [5.74, 6) is -0.513. The number of thiazole rings is 1. The van der Waals surface area contributed by atoms with E-state index in [9.17, 15) is 14.4 Å². The van der Waals surface area contributed by atoms with Gasteiger partial charge in [0.15, 0.2) is 5.78 Å². The van der Waals surface area contributed by atoms with Crippen LogP contribution in [0.25, 0.3) is 10.2 Å². The van der Waals surface area contributed by atoms with Crippen molar-refractivity contribution in [1.29, 1.82) is 0 Å². The zero-order valence-electron chi connectivity index (χ0n) is 16.1. The van der Waals surface area contributed by atoms with Gasteiger partial charge < -0.3 is 5.73 Å². The fourth-order valence-electron chi connectivity index (χ4n) is 3.00. The number of nitrogens with two attached hydrogens (primary N) is 1. The first-order valence-electron chi connectivity index (χ1n) is 9.05. The zero-order valence-corrected chi connectivity index (χ0v) is 16.9. The highest BCUT2D eigenvalue weighted by molar-refractivity contribution is 7.18. The van der Waals surface area contributed by atoms with E-state index in [1.165, 1.54) is 4.57 Å². The highest BCUT2D eigenvalue weighted by Crippen LogP contribution is 2.28. The van der Waals surface area contributed by atoms with Crippen molar-refractivity contribution in [3.8, 4) is 0 Å². The van der Waals surface area contributed by atoms with E-state index in [1.807, 2.05) is 43.0 Å². The molecule has 8 nitrogen and oxygen atoms in total. The van der Waals surface area contributed by atoms with Crippen LogP contribution in [0.1, 0.15) is 41.7 Å². The van der Waals surface area contributed by atoms with Crippen LogP contribution in [-0.4, -0.2) is 38.8 Å². The van der Waals surface area contributed by atoms with Crippen molar-refractivity contribution < 1.29 is 4.79 Å². The molecule has 0 unspecified atom stereocenters. The molecule has 3 N–H and O–H groups in total. The number of likely N-dealkylation sites (N-methyl/N-ethyl adjacent to an activating group) is 1. The highest BCUT2D eigenvalue weighted by atomic mass is 32.1. The number of para-hydroxylation sites is 1. The van der Waals surface area contributed by atoms with Crippen LogP contribution < -0.4 is 17.0 Å². The molecular weight excluding hydrogens is 378 g/mol. The second-order valence-corrected chi connectivity index (χ2v) is 7.77. The fraction of sp³-hybridized carbons (Fsp3) is 0.368. The van der Waals surface area contributed by atoms with Gasteiger partial charge in [-0.25, -0.2) is 9.78 Å². The molecule has 0 saturated heterocycles. The van der Waals surface area contributed by atoms with E-state index < -0.39 is 17.0 Å². The number of carbonyl (C=O) groups is 1. The largest absolute Gasteiger partial charge is 0.384 e. The molecule has 9 heteroatoms. The quantitative estimate of drug-likeness (QED) is 0.586. The molecule has 148 valence electrons. The lowest BCUT2D eigenvalue weighted by Crippen LogP contribution is -2.39. The van der Waals surface area contributed by atoms with Crippen molar-refractivity contribution >= 4 is 33.2 Å². The molecule has 3 aromatic rings. The van der Waals surface area contributed by atoms with E-state index in [2.05, 4.69) is 9.97 Å². The Morgan fingerprint density at radius 3 is 2.75 bits per heavy atom. The molecule has 1 aromatic carbocycles. The van der Waals surface area contributed by atoms with Gasteiger partial charge in [0, 0.05) is 6.54 Å². The number of hydrogen-bond acceptors (Lipinski definition) is 7. The molecule has 0 aliphatic rings. The number of nitrogens with one attached hydrogen (secondary N) is 1. The Balaban J connectivity index is 1.85. The number of H-pyrrole nitrogens is 1. The van der Waals surface area contributed by atoms with E-state index in [4.69, 9.17) is 5.73 Å². The number of rotatable bonds is 7. The summed E-state index contributed by atoms with van der Waals surface area (Å²) in [5, 5.41) is 0.884. The molecule has 0 amide bonds. The maximum Gasteiger partial charge on any atom is 0.329 e. The Morgan fingerprint density at radius 1 is 1.36 bits per heavy atom. The summed E-state index contributed by atoms with van der Waals surface area (Å²) in [4.78, 5) is 45.6. The number of Topliss-reactive ketones (excluding diaryl/α,β-unsaturated/α-hetero) is 1. The van der Waals surface area contributed by atoms with Gasteiger partial charge in [0.1, 0.15) is 16.4 Å². The number of benzene rings is 1. The molecule has 0 fully saturated rings. The van der Waals surface area contributed by atoms with Crippen LogP contribution in [-0.2, 0) is 6.54 Å². The van der Waals surface area contributed by atoms with Gasteiger partial charge in [0.2, 0.25) is 0 Å². The average Bonchev–Trinajstić information content (AvgIpc) is 3.08. The smallest absolute Gasteiger partial charge is 0.329 e. The molecule has 0 bridgehead atoms. The van der Waals surface area contributed by atoms with Crippen LogP contribution in [0.15, 0.2) is 33.9 Å². The molecule has 0 saturated carbocycles. The monoisotopic (exact) mass is 401 g/mol. The number of fused-ring (bicyclic) bond motifs is 1. The summed E-state index contributed by atoms with van der Waals surface area (Å²) in [6.07, 6.45) is 0.651. The first-order chi connectivity index (χ1) is 13.3. The van der Waals surface area contributed by atoms with E-state index in [0.717, 1.165) is 15.2 Å². The van der Waals surface area contributed by atoms with Gasteiger partial charge in [-0.15, -0.1) is 11.3 Å². The van der Waals surface area contributed by atoms with Gasteiger partial charge in [0.05, 0.1) is 22.8 Å². The van der Waals surface area contributed by atoms with E-state index >= 15 is 0 Å². The molecule has 3 rings (SSSR count). The molecule has 2 heterocycles. The number of aromatic amines is 1. The summed E-state index contributed by atoms with van der Waals surface area (Å²) >= 11 is 1.57. The third-order valence-corrected chi connectivity index (χ3v) is 5.89. The van der Waals surface area contributed by atoms with E-state index in [1.54, 1.807) is 18.4 Å². The summed E-state index contributed by atoms with van der Waals surface area (Å²) in [7, 11) is 1.79. The van der Waals surface area contributed by atoms with Crippen molar-refractivity contribution in [3.63, 3.8) is 0 Å². The lowest BCUT2D eigenvalue weighted by Gasteiger charge is -2.22. The minimum absolute atomic E-state index is 0.0191. The number of nitrogen functional groups attached to an aromatic ring is 1. The molecule has 1 atom stereocenters. The molecule has 28 heavy (non-hydrogen) atoms. The van der Waals surface area contributed by atoms with Gasteiger partial charge in [-0.05, 0) is 32.5 Å². The SMILES string of the molecule is CCCn1c(N)c(C(=O)CN(C)[C@H](C)c2nc3ccccc3s2)c(=O)[nH]c1=O. The number of aromatic nitrogens is 3. The third kappa shape index (κ3) is 3.76. The number of nitrogens with zero attached hydrogens (tertiary/aromatic N) is 3. The average molecular weight is 401 g/mol. The number of anilines is 1. The Bertz CT molecular complexity index is 1100. The minimum atomic E-state index is -0.749. The van der Waals surface area contributed by atoms with Crippen molar-refractivity contribution in [2.45, 2.75) is 32.9 Å². The van der Waals surface area contributed by atoms with Crippen molar-refractivity contribution in [1.82, 2.24) is 19.4 Å².